The van der Waals surface area contributed by atoms with Gasteiger partial charge in [-0.2, -0.15) is 0 Å². The molecule has 3 saturated carbocycles. The fourth-order valence-corrected chi connectivity index (χ4v) is 11.5. The Hall–Kier alpha value is -0.950. The predicted molar refractivity (Wildman–Crippen MR) is 228 cm³/mol. The summed E-state index contributed by atoms with van der Waals surface area (Å²) in [6, 6.07) is 0. The van der Waals surface area contributed by atoms with E-state index in [1.165, 1.54) is 92.9 Å². The average molecular weight is 723 g/mol. The molecule has 3 aliphatic carbocycles. The first-order chi connectivity index (χ1) is 24.3. The molecule has 0 bridgehead atoms. The van der Waals surface area contributed by atoms with Gasteiger partial charge in [0.25, 0.3) is 0 Å². The molecule has 3 heteroatoms. The van der Waals surface area contributed by atoms with Crippen LogP contribution in [0.2, 0.25) is 0 Å². The third-order valence-corrected chi connectivity index (χ3v) is 15.1. The van der Waals surface area contributed by atoms with Crippen LogP contribution in [0.5, 0.6) is 0 Å². The number of unbranched alkanes of at least 4 members (excludes halogenated alkanes) is 1. The Morgan fingerprint density at radius 1 is 0.765 bits per heavy atom. The summed E-state index contributed by atoms with van der Waals surface area (Å²) in [6.07, 6.45) is 21.0. The molecule has 0 spiro atoms. The molecule has 0 radical (unpaired) electrons. The highest BCUT2D eigenvalue weighted by Gasteiger charge is 2.46. The van der Waals surface area contributed by atoms with Crippen molar-refractivity contribution < 1.29 is 10.2 Å². The van der Waals surface area contributed by atoms with E-state index in [2.05, 4.69) is 70.5 Å². The number of rotatable bonds is 23. The lowest BCUT2D eigenvalue weighted by molar-refractivity contribution is 0.00781. The number of allylic oxidation sites excluding steroid dienone is 4. The van der Waals surface area contributed by atoms with E-state index >= 15 is 0 Å². The highest BCUT2D eigenvalue weighted by atomic mass is 31.0. The van der Waals surface area contributed by atoms with E-state index in [-0.39, 0.29) is 29.6 Å². The lowest BCUT2D eigenvalue weighted by Gasteiger charge is -2.41. The molecule has 51 heavy (non-hydrogen) atoms. The third-order valence-electron chi connectivity index (χ3n) is 14.6. The smallest absolute Gasteiger partial charge is 0.0753 e. The quantitative estimate of drug-likeness (QED) is 0.0626. The molecule has 12 atom stereocenters. The largest absolute Gasteiger partial charge is 0.392 e. The van der Waals surface area contributed by atoms with Crippen molar-refractivity contribution >= 4 is 9.24 Å². The van der Waals surface area contributed by atoms with Gasteiger partial charge in [-0.3, -0.25) is 0 Å². The van der Waals surface area contributed by atoms with E-state index in [9.17, 15) is 10.2 Å². The van der Waals surface area contributed by atoms with Gasteiger partial charge in [0.2, 0.25) is 0 Å². The molecule has 3 fully saturated rings. The molecule has 0 aromatic heterocycles. The number of aliphatic hydroxyl groups excluding tert-OH is 2. The van der Waals surface area contributed by atoms with Crippen LogP contribution in [0.15, 0.2) is 60.8 Å². The lowest BCUT2D eigenvalue weighted by atomic mass is 9.66. The zero-order valence-corrected chi connectivity index (χ0v) is 35.6. The van der Waals surface area contributed by atoms with Gasteiger partial charge >= 0.3 is 0 Å². The Kier molecular flexibility index (Phi) is 19.0. The fourth-order valence-electron chi connectivity index (χ4n) is 10.9. The Bertz CT molecular complexity index is 1120. The van der Waals surface area contributed by atoms with Crippen molar-refractivity contribution in [3.63, 3.8) is 0 Å². The second-order valence-corrected chi connectivity index (χ2v) is 19.0. The molecule has 0 amide bonds. The van der Waals surface area contributed by atoms with Crippen LogP contribution >= 0.6 is 9.24 Å². The van der Waals surface area contributed by atoms with E-state index < -0.39 is 12.2 Å². The minimum absolute atomic E-state index is 0.0422. The second kappa shape index (κ2) is 21.8. The molecule has 3 rings (SSSR count). The fraction of sp³-hybridized carbons (Fsp3) is 0.792. The van der Waals surface area contributed by atoms with E-state index in [0.29, 0.717) is 35.2 Å². The van der Waals surface area contributed by atoms with Crippen LogP contribution in [0, 0.1) is 59.2 Å². The first-order valence-electron chi connectivity index (χ1n) is 21.8. The summed E-state index contributed by atoms with van der Waals surface area (Å²) in [5.41, 5.74) is 6.39. The van der Waals surface area contributed by atoms with Crippen LogP contribution in [-0.4, -0.2) is 28.1 Å². The van der Waals surface area contributed by atoms with E-state index in [1.807, 2.05) is 0 Å². The van der Waals surface area contributed by atoms with Crippen LogP contribution in [0.4, 0.5) is 0 Å². The van der Waals surface area contributed by atoms with Crippen LogP contribution < -0.4 is 0 Å². The van der Waals surface area contributed by atoms with E-state index in [0.717, 1.165) is 56.9 Å². The van der Waals surface area contributed by atoms with Gasteiger partial charge < -0.3 is 10.2 Å². The van der Waals surface area contributed by atoms with Gasteiger partial charge in [-0.25, -0.2) is 0 Å². The summed E-state index contributed by atoms with van der Waals surface area (Å²) < 4.78 is 0. The molecule has 0 aromatic rings. The van der Waals surface area contributed by atoms with Gasteiger partial charge in [-0.15, -0.1) is 9.24 Å². The van der Waals surface area contributed by atoms with Gasteiger partial charge in [0, 0.05) is 5.92 Å². The zero-order valence-electron chi connectivity index (χ0n) is 34.4. The predicted octanol–water partition coefficient (Wildman–Crippen LogP) is 13.5. The van der Waals surface area contributed by atoms with Gasteiger partial charge in [0.15, 0.2) is 0 Å². The van der Waals surface area contributed by atoms with Gasteiger partial charge in [0.05, 0.1) is 12.2 Å². The monoisotopic (exact) mass is 723 g/mol. The highest BCUT2D eigenvalue weighted by molar-refractivity contribution is 7.17. The SMILES string of the molecule is C=C(C(=C)C(CCC)C(C)C(=C)[C@H]1C[C@@H](P)CC1[C@H](O)C(C(=C)[C@H](O)CC1CCCC1)C1CCCCC1)C(C)CC(=C)C(C)C(CC)CCCC. The number of hydrogen-bond acceptors (Lipinski definition) is 2. The van der Waals surface area contributed by atoms with Crippen molar-refractivity contribution in [1.82, 2.24) is 0 Å². The second-order valence-electron chi connectivity index (χ2n) is 18.1. The Morgan fingerprint density at radius 3 is 1.98 bits per heavy atom. The first kappa shape index (κ1) is 44.4. The molecular formula is C48H83O2P. The maximum Gasteiger partial charge on any atom is 0.0753 e. The lowest BCUT2D eigenvalue weighted by Crippen LogP contribution is -2.41. The summed E-state index contributed by atoms with van der Waals surface area (Å²) in [7, 11) is 3.10. The Balaban J connectivity index is 1.77. The minimum Gasteiger partial charge on any atom is -0.392 e. The van der Waals surface area contributed by atoms with Crippen molar-refractivity contribution in [3.05, 3.63) is 60.8 Å². The molecule has 292 valence electrons. The van der Waals surface area contributed by atoms with E-state index in [4.69, 9.17) is 13.2 Å². The molecule has 0 saturated heterocycles. The maximum absolute atomic E-state index is 12.5. The van der Waals surface area contributed by atoms with Gasteiger partial charge in [-0.05, 0) is 127 Å². The molecule has 8 unspecified atom stereocenters. The minimum atomic E-state index is -0.517. The maximum atomic E-state index is 12.5. The zero-order chi connectivity index (χ0) is 37.8. The summed E-state index contributed by atoms with van der Waals surface area (Å²) in [5.74, 6) is 3.42. The van der Waals surface area contributed by atoms with Crippen molar-refractivity contribution in [2.75, 3.05) is 0 Å². The molecule has 2 N–H and O–H groups in total. The number of aliphatic hydroxyl groups is 2. The van der Waals surface area contributed by atoms with Crippen LogP contribution in [0.25, 0.3) is 0 Å². The van der Waals surface area contributed by atoms with Crippen molar-refractivity contribution in [1.29, 1.82) is 0 Å². The molecule has 3 aliphatic rings. The van der Waals surface area contributed by atoms with Gasteiger partial charge in [0.1, 0.15) is 0 Å². The van der Waals surface area contributed by atoms with Crippen molar-refractivity contribution in [2.45, 2.75) is 181 Å². The topological polar surface area (TPSA) is 40.5 Å². The summed E-state index contributed by atoms with van der Waals surface area (Å²) in [6.45, 7) is 37.5. The summed E-state index contributed by atoms with van der Waals surface area (Å²) in [4.78, 5) is 0. The Morgan fingerprint density at radius 2 is 1.39 bits per heavy atom. The molecule has 0 heterocycles. The van der Waals surface area contributed by atoms with Crippen molar-refractivity contribution in [2.24, 2.45) is 59.2 Å². The van der Waals surface area contributed by atoms with Crippen LogP contribution in [-0.2, 0) is 0 Å². The van der Waals surface area contributed by atoms with Crippen LogP contribution in [0.3, 0.4) is 0 Å². The normalized spacial score (nSPS) is 26.5. The standard InChI is InChI=1S/C48H83O2P/c1-12-15-24-40(14-3)34(7)32(5)27-31(4)33(6)35(8)43(21-13-2)36(9)37(10)44-29-42(51)30-45(44)48(50)47(41-25-17-16-18-26-41)38(11)46(49)28-39-22-19-20-23-39/h31,34,36,39-50H,5-6,8,10-30,51H2,1-4,7,9H3/t31?,34?,36?,40?,42-,43?,44-,45?,46-,47?,48+/m1/s1. The number of hydrogen-bond donors (Lipinski definition) is 2. The highest BCUT2D eigenvalue weighted by Crippen LogP contribution is 2.51. The van der Waals surface area contributed by atoms with Gasteiger partial charge in [-0.1, -0.05) is 156 Å². The summed E-state index contributed by atoms with van der Waals surface area (Å²) >= 11 is 0. The Labute approximate surface area is 319 Å². The van der Waals surface area contributed by atoms with E-state index in [1.54, 1.807) is 0 Å². The van der Waals surface area contributed by atoms with Crippen molar-refractivity contribution in [3.8, 4) is 0 Å². The molecule has 0 aromatic carbocycles. The third kappa shape index (κ3) is 12.0. The molecular weight excluding hydrogens is 640 g/mol. The summed E-state index contributed by atoms with van der Waals surface area (Å²) in [5, 5.41) is 24.1. The first-order valence-corrected chi connectivity index (χ1v) is 22.5. The van der Waals surface area contributed by atoms with Crippen LogP contribution in [0.1, 0.15) is 164 Å². The molecule has 0 aliphatic heterocycles. The molecule has 2 nitrogen and oxygen atoms in total. The average Bonchev–Trinajstić information content (AvgIpc) is 3.79.